The molecular formula is C12H18BrNO3. The zero-order valence-corrected chi connectivity index (χ0v) is 11.9. The van der Waals surface area contributed by atoms with E-state index in [2.05, 4.69) is 21.2 Å². The monoisotopic (exact) mass is 303 g/mol. The molecule has 0 aliphatic heterocycles. The molecule has 0 fully saturated rings. The van der Waals surface area contributed by atoms with Crippen LogP contribution in [0.2, 0.25) is 0 Å². The Morgan fingerprint density at radius 3 is 2.35 bits per heavy atom. The molecule has 0 aliphatic carbocycles. The molecule has 5 heteroatoms. The Balaban J connectivity index is 3.14. The third kappa shape index (κ3) is 3.34. The van der Waals surface area contributed by atoms with Crippen molar-refractivity contribution in [2.24, 2.45) is 0 Å². The summed E-state index contributed by atoms with van der Waals surface area (Å²) in [5, 5.41) is 12.2. The highest BCUT2D eigenvalue weighted by Crippen LogP contribution is 2.36. The van der Waals surface area contributed by atoms with Gasteiger partial charge in [-0.15, -0.1) is 0 Å². The quantitative estimate of drug-likeness (QED) is 0.845. The van der Waals surface area contributed by atoms with Crippen molar-refractivity contribution in [1.29, 1.82) is 0 Å². The lowest BCUT2D eigenvalue weighted by atomic mass is 10.0. The first-order chi connectivity index (χ1) is 8.17. The van der Waals surface area contributed by atoms with Gasteiger partial charge in [0.25, 0.3) is 0 Å². The number of halogens is 1. The van der Waals surface area contributed by atoms with Crippen LogP contribution in [-0.4, -0.2) is 33.0 Å². The maximum atomic E-state index is 9.04. The number of methoxy groups -OCH3 is 2. The molecule has 0 saturated carbocycles. The minimum absolute atomic E-state index is 0.0779. The van der Waals surface area contributed by atoms with Crippen LogP contribution in [0.5, 0.6) is 11.5 Å². The van der Waals surface area contributed by atoms with Crippen LogP contribution in [0.4, 0.5) is 0 Å². The van der Waals surface area contributed by atoms with Gasteiger partial charge < -0.3 is 19.9 Å². The SMILES string of the molecule is CNC(CCO)c1cc(OC)c(OC)cc1Br. The molecule has 0 amide bonds. The van der Waals surface area contributed by atoms with E-state index in [0.29, 0.717) is 17.9 Å². The molecule has 0 bridgehead atoms. The van der Waals surface area contributed by atoms with E-state index < -0.39 is 0 Å². The van der Waals surface area contributed by atoms with Gasteiger partial charge >= 0.3 is 0 Å². The van der Waals surface area contributed by atoms with Crippen molar-refractivity contribution in [1.82, 2.24) is 5.32 Å². The number of hydrogen-bond donors (Lipinski definition) is 2. The molecule has 1 aromatic rings. The van der Waals surface area contributed by atoms with Crippen LogP contribution in [0.15, 0.2) is 16.6 Å². The second-order valence-corrected chi connectivity index (χ2v) is 4.44. The van der Waals surface area contributed by atoms with Crippen LogP contribution in [0.3, 0.4) is 0 Å². The molecule has 0 radical (unpaired) electrons. The van der Waals surface area contributed by atoms with Gasteiger partial charge in [0.05, 0.1) is 14.2 Å². The molecular weight excluding hydrogens is 286 g/mol. The number of hydrogen-bond acceptors (Lipinski definition) is 4. The van der Waals surface area contributed by atoms with Crippen LogP contribution < -0.4 is 14.8 Å². The smallest absolute Gasteiger partial charge is 0.161 e. The Bertz CT molecular complexity index is 371. The first-order valence-corrected chi connectivity index (χ1v) is 6.16. The van der Waals surface area contributed by atoms with E-state index in [9.17, 15) is 0 Å². The molecule has 1 unspecified atom stereocenters. The maximum absolute atomic E-state index is 9.04. The fourth-order valence-corrected chi connectivity index (χ4v) is 2.32. The molecule has 2 N–H and O–H groups in total. The van der Waals surface area contributed by atoms with Crippen molar-refractivity contribution in [2.45, 2.75) is 12.5 Å². The topological polar surface area (TPSA) is 50.7 Å². The van der Waals surface area contributed by atoms with Crippen molar-refractivity contribution >= 4 is 15.9 Å². The Kier molecular flexibility index (Phi) is 5.74. The van der Waals surface area contributed by atoms with E-state index in [4.69, 9.17) is 14.6 Å². The molecule has 17 heavy (non-hydrogen) atoms. The van der Waals surface area contributed by atoms with Gasteiger partial charge in [-0.3, -0.25) is 0 Å². The lowest BCUT2D eigenvalue weighted by Gasteiger charge is -2.19. The summed E-state index contributed by atoms with van der Waals surface area (Å²) in [4.78, 5) is 0. The Morgan fingerprint density at radius 2 is 1.88 bits per heavy atom. The zero-order chi connectivity index (χ0) is 12.8. The number of ether oxygens (including phenoxy) is 2. The number of nitrogens with one attached hydrogen (secondary N) is 1. The second kappa shape index (κ2) is 6.83. The summed E-state index contributed by atoms with van der Waals surface area (Å²) < 4.78 is 11.4. The maximum Gasteiger partial charge on any atom is 0.161 e. The predicted octanol–water partition coefficient (Wildman–Crippen LogP) is 2.11. The molecule has 1 aromatic carbocycles. The first kappa shape index (κ1) is 14.3. The molecule has 0 heterocycles. The van der Waals surface area contributed by atoms with Gasteiger partial charge in [0, 0.05) is 17.1 Å². The Morgan fingerprint density at radius 1 is 1.29 bits per heavy atom. The summed E-state index contributed by atoms with van der Waals surface area (Å²) in [5.74, 6) is 1.37. The molecule has 96 valence electrons. The fourth-order valence-electron chi connectivity index (χ4n) is 1.72. The van der Waals surface area contributed by atoms with Gasteiger partial charge in [0.1, 0.15) is 0 Å². The number of rotatable bonds is 6. The average molecular weight is 304 g/mol. The van der Waals surface area contributed by atoms with E-state index in [0.717, 1.165) is 10.0 Å². The van der Waals surface area contributed by atoms with Crippen LogP contribution in [0.1, 0.15) is 18.0 Å². The highest BCUT2D eigenvalue weighted by atomic mass is 79.9. The minimum Gasteiger partial charge on any atom is -0.493 e. The van der Waals surface area contributed by atoms with Gasteiger partial charge in [0.15, 0.2) is 11.5 Å². The van der Waals surface area contributed by atoms with Crippen molar-refractivity contribution in [3.63, 3.8) is 0 Å². The summed E-state index contributed by atoms with van der Waals surface area (Å²) >= 11 is 3.51. The first-order valence-electron chi connectivity index (χ1n) is 5.37. The second-order valence-electron chi connectivity index (χ2n) is 3.58. The molecule has 4 nitrogen and oxygen atoms in total. The van der Waals surface area contributed by atoms with Crippen LogP contribution in [-0.2, 0) is 0 Å². The highest BCUT2D eigenvalue weighted by Gasteiger charge is 2.16. The predicted molar refractivity (Wildman–Crippen MR) is 70.7 cm³/mol. The average Bonchev–Trinajstić information content (AvgIpc) is 2.36. The Hall–Kier alpha value is -0.780. The summed E-state index contributed by atoms with van der Waals surface area (Å²) in [7, 11) is 5.08. The minimum atomic E-state index is 0.0779. The summed E-state index contributed by atoms with van der Waals surface area (Å²) in [6, 6.07) is 3.87. The van der Waals surface area contributed by atoms with Gasteiger partial charge in [-0.1, -0.05) is 15.9 Å². The van der Waals surface area contributed by atoms with E-state index in [-0.39, 0.29) is 12.6 Å². The summed E-state index contributed by atoms with van der Waals surface area (Å²) in [6.07, 6.45) is 0.643. The fraction of sp³-hybridized carbons (Fsp3) is 0.500. The molecule has 0 spiro atoms. The van der Waals surface area contributed by atoms with Gasteiger partial charge in [-0.05, 0) is 31.2 Å². The molecule has 0 aliphatic rings. The van der Waals surface area contributed by atoms with Crippen molar-refractivity contribution in [3.05, 3.63) is 22.2 Å². The number of benzene rings is 1. The standard InChI is InChI=1S/C12H18BrNO3/c1-14-10(4-5-15)8-6-11(16-2)12(17-3)7-9(8)13/h6-7,10,14-15H,4-5H2,1-3H3. The molecule has 1 rings (SSSR count). The van der Waals surface area contributed by atoms with E-state index >= 15 is 0 Å². The van der Waals surface area contributed by atoms with Gasteiger partial charge in [0.2, 0.25) is 0 Å². The summed E-state index contributed by atoms with van der Waals surface area (Å²) in [6.45, 7) is 0.131. The van der Waals surface area contributed by atoms with E-state index in [1.807, 2.05) is 19.2 Å². The van der Waals surface area contributed by atoms with Crippen LogP contribution >= 0.6 is 15.9 Å². The molecule has 1 atom stereocenters. The zero-order valence-electron chi connectivity index (χ0n) is 10.3. The number of aliphatic hydroxyl groups is 1. The normalized spacial score (nSPS) is 12.3. The van der Waals surface area contributed by atoms with Gasteiger partial charge in [-0.25, -0.2) is 0 Å². The Labute approximate surface area is 110 Å². The van der Waals surface area contributed by atoms with Gasteiger partial charge in [-0.2, -0.15) is 0 Å². The van der Waals surface area contributed by atoms with Crippen LogP contribution in [0, 0.1) is 0 Å². The highest BCUT2D eigenvalue weighted by molar-refractivity contribution is 9.10. The summed E-state index contributed by atoms with van der Waals surface area (Å²) in [5.41, 5.74) is 1.04. The van der Waals surface area contributed by atoms with Crippen molar-refractivity contribution in [3.8, 4) is 11.5 Å². The largest absolute Gasteiger partial charge is 0.493 e. The van der Waals surface area contributed by atoms with E-state index in [1.165, 1.54) is 0 Å². The molecule has 0 saturated heterocycles. The third-order valence-corrected chi connectivity index (χ3v) is 3.33. The number of aliphatic hydroxyl groups excluding tert-OH is 1. The lowest BCUT2D eigenvalue weighted by Crippen LogP contribution is -2.18. The molecule has 0 aromatic heterocycles. The third-order valence-electron chi connectivity index (χ3n) is 2.64. The lowest BCUT2D eigenvalue weighted by molar-refractivity contribution is 0.268. The van der Waals surface area contributed by atoms with Crippen LogP contribution in [0.25, 0.3) is 0 Å². The van der Waals surface area contributed by atoms with E-state index in [1.54, 1.807) is 14.2 Å². The van der Waals surface area contributed by atoms with Crippen molar-refractivity contribution < 1.29 is 14.6 Å². The van der Waals surface area contributed by atoms with Crippen molar-refractivity contribution in [2.75, 3.05) is 27.9 Å².